The van der Waals surface area contributed by atoms with Crippen LogP contribution in [0.1, 0.15) is 18.4 Å². The van der Waals surface area contributed by atoms with Crippen LogP contribution in [0.3, 0.4) is 0 Å². The summed E-state index contributed by atoms with van der Waals surface area (Å²) >= 11 is 1.52. The highest BCUT2D eigenvalue weighted by Crippen LogP contribution is 2.12. The Morgan fingerprint density at radius 2 is 1.81 bits per heavy atom. The van der Waals surface area contributed by atoms with Gasteiger partial charge in [-0.15, -0.1) is 11.8 Å². The van der Waals surface area contributed by atoms with Gasteiger partial charge in [0.25, 0.3) is 0 Å². The minimum absolute atomic E-state index is 0.00308. The normalized spacial score (nSPS) is 10.0. The number of Topliss-reactive ketones (excluding diaryl/α,β-unsaturated/α-hetero) is 1. The first-order valence-corrected chi connectivity index (χ1v) is 6.19. The van der Waals surface area contributed by atoms with Crippen molar-refractivity contribution in [2.75, 3.05) is 5.75 Å². The van der Waals surface area contributed by atoms with Gasteiger partial charge in [-0.05, 0) is 5.56 Å². The molecule has 3 nitrogen and oxygen atoms in total. The fraction of sp³-hybridized carbons (Fsp3) is 0.333. The molecular weight excluding hydrogens is 224 g/mol. The molecule has 0 unspecified atom stereocenters. The van der Waals surface area contributed by atoms with E-state index in [9.17, 15) is 9.59 Å². The molecule has 0 heterocycles. The highest BCUT2D eigenvalue weighted by atomic mass is 32.2. The summed E-state index contributed by atoms with van der Waals surface area (Å²) in [5.41, 5.74) is 1.18. The summed E-state index contributed by atoms with van der Waals surface area (Å²) in [5.74, 6) is 0.270. The van der Waals surface area contributed by atoms with Crippen molar-refractivity contribution < 1.29 is 14.7 Å². The largest absolute Gasteiger partial charge is 0.481 e. The van der Waals surface area contributed by atoms with Crippen molar-refractivity contribution in [2.24, 2.45) is 0 Å². The van der Waals surface area contributed by atoms with E-state index in [0.29, 0.717) is 5.75 Å². The predicted octanol–water partition coefficient (Wildman–Crippen LogP) is 2.35. The van der Waals surface area contributed by atoms with Gasteiger partial charge < -0.3 is 5.11 Å². The number of thioether (sulfide) groups is 1. The smallest absolute Gasteiger partial charge is 0.303 e. The molecule has 0 aliphatic rings. The van der Waals surface area contributed by atoms with E-state index in [-0.39, 0.29) is 18.6 Å². The van der Waals surface area contributed by atoms with Gasteiger partial charge in [0.05, 0.1) is 12.2 Å². The predicted molar refractivity (Wildman–Crippen MR) is 64.5 cm³/mol. The van der Waals surface area contributed by atoms with Crippen LogP contribution in [0.25, 0.3) is 0 Å². The van der Waals surface area contributed by atoms with Gasteiger partial charge in [0, 0.05) is 12.2 Å². The lowest BCUT2D eigenvalue weighted by atomic mass is 10.2. The van der Waals surface area contributed by atoms with Crippen LogP contribution in [0.2, 0.25) is 0 Å². The maximum Gasteiger partial charge on any atom is 0.303 e. The van der Waals surface area contributed by atoms with Crippen molar-refractivity contribution in [2.45, 2.75) is 18.6 Å². The molecule has 0 aromatic heterocycles. The molecule has 16 heavy (non-hydrogen) atoms. The van der Waals surface area contributed by atoms with Gasteiger partial charge >= 0.3 is 5.97 Å². The Bertz CT molecular complexity index is 349. The molecule has 0 atom stereocenters. The van der Waals surface area contributed by atoms with E-state index >= 15 is 0 Å². The van der Waals surface area contributed by atoms with Crippen molar-refractivity contribution in [3.63, 3.8) is 0 Å². The number of hydrogen-bond donors (Lipinski definition) is 1. The van der Waals surface area contributed by atoms with E-state index in [0.717, 1.165) is 5.75 Å². The van der Waals surface area contributed by atoms with Gasteiger partial charge in [-0.2, -0.15) is 0 Å². The Morgan fingerprint density at radius 1 is 1.12 bits per heavy atom. The Labute approximate surface area is 98.9 Å². The van der Waals surface area contributed by atoms with E-state index in [1.807, 2.05) is 30.3 Å². The van der Waals surface area contributed by atoms with Crippen LogP contribution >= 0.6 is 11.8 Å². The highest BCUT2D eigenvalue weighted by molar-refractivity contribution is 7.99. The summed E-state index contributed by atoms with van der Waals surface area (Å²) in [6.07, 6.45) is 0.0713. The molecule has 0 radical (unpaired) electrons. The summed E-state index contributed by atoms with van der Waals surface area (Å²) < 4.78 is 0. The average Bonchev–Trinajstić information content (AvgIpc) is 2.28. The molecule has 1 aromatic carbocycles. The zero-order valence-corrected chi connectivity index (χ0v) is 9.70. The Kier molecular flexibility index (Phi) is 5.64. The lowest BCUT2D eigenvalue weighted by Crippen LogP contribution is -2.05. The van der Waals surface area contributed by atoms with E-state index in [1.54, 1.807) is 0 Å². The molecule has 0 saturated heterocycles. The fourth-order valence-corrected chi connectivity index (χ4v) is 2.08. The second-order valence-corrected chi connectivity index (χ2v) is 4.40. The third-order valence-electron chi connectivity index (χ3n) is 1.99. The first-order chi connectivity index (χ1) is 7.68. The molecule has 4 heteroatoms. The number of carboxylic acid groups (broad SMARTS) is 1. The maximum atomic E-state index is 11.3. The second-order valence-electron chi connectivity index (χ2n) is 3.41. The Morgan fingerprint density at radius 3 is 2.44 bits per heavy atom. The molecule has 1 aromatic rings. The molecule has 0 spiro atoms. The van der Waals surface area contributed by atoms with E-state index in [2.05, 4.69) is 0 Å². The maximum absolute atomic E-state index is 11.3. The summed E-state index contributed by atoms with van der Waals surface area (Å²) in [5, 5.41) is 8.41. The van der Waals surface area contributed by atoms with Gasteiger partial charge in [0.1, 0.15) is 5.78 Å². The summed E-state index contributed by atoms with van der Waals surface area (Å²) in [4.78, 5) is 21.5. The number of hydrogen-bond acceptors (Lipinski definition) is 3. The third kappa shape index (κ3) is 5.56. The minimum Gasteiger partial charge on any atom is -0.481 e. The molecular formula is C12H14O3S. The van der Waals surface area contributed by atoms with Crippen molar-refractivity contribution >= 4 is 23.5 Å². The van der Waals surface area contributed by atoms with E-state index in [1.165, 1.54) is 17.3 Å². The summed E-state index contributed by atoms with van der Waals surface area (Å²) in [6.45, 7) is 0. The number of aliphatic carboxylic acids is 1. The minimum atomic E-state index is -0.915. The standard InChI is InChI=1S/C12H14O3S/c13-11(6-7-12(14)15)9-16-8-10-4-2-1-3-5-10/h1-5H,6-9H2,(H,14,15). The number of carboxylic acids is 1. The molecule has 0 bridgehead atoms. The summed E-state index contributed by atoms with van der Waals surface area (Å²) in [7, 11) is 0. The quantitative estimate of drug-likeness (QED) is 0.792. The molecule has 0 saturated carbocycles. The number of carbonyl (C=O) groups is 2. The average molecular weight is 238 g/mol. The van der Waals surface area contributed by atoms with Gasteiger partial charge in [-0.3, -0.25) is 9.59 Å². The lowest BCUT2D eigenvalue weighted by Gasteiger charge is -2.00. The molecule has 0 aliphatic heterocycles. The Balaban J connectivity index is 2.16. The topological polar surface area (TPSA) is 54.4 Å². The van der Waals surface area contributed by atoms with Gasteiger partial charge in [0.15, 0.2) is 0 Å². The van der Waals surface area contributed by atoms with Crippen LogP contribution in [0.4, 0.5) is 0 Å². The number of carbonyl (C=O) groups excluding carboxylic acids is 1. The fourth-order valence-electron chi connectivity index (χ4n) is 1.18. The number of ketones is 1. The van der Waals surface area contributed by atoms with Crippen LogP contribution in [-0.2, 0) is 15.3 Å². The molecule has 0 aliphatic carbocycles. The van der Waals surface area contributed by atoms with Crippen molar-refractivity contribution in [1.82, 2.24) is 0 Å². The second kappa shape index (κ2) is 7.06. The summed E-state index contributed by atoms with van der Waals surface area (Å²) in [6, 6.07) is 9.89. The lowest BCUT2D eigenvalue weighted by molar-refractivity contribution is -0.138. The molecule has 0 fully saturated rings. The molecule has 86 valence electrons. The number of benzene rings is 1. The van der Waals surface area contributed by atoms with E-state index in [4.69, 9.17) is 5.11 Å². The van der Waals surface area contributed by atoms with Crippen LogP contribution in [-0.4, -0.2) is 22.6 Å². The van der Waals surface area contributed by atoms with Crippen molar-refractivity contribution in [3.8, 4) is 0 Å². The third-order valence-corrected chi connectivity index (χ3v) is 3.06. The zero-order valence-electron chi connectivity index (χ0n) is 8.89. The van der Waals surface area contributed by atoms with Crippen LogP contribution < -0.4 is 0 Å². The van der Waals surface area contributed by atoms with Gasteiger partial charge in [-0.25, -0.2) is 0 Å². The van der Waals surface area contributed by atoms with Crippen LogP contribution in [0.5, 0.6) is 0 Å². The van der Waals surface area contributed by atoms with Crippen molar-refractivity contribution in [1.29, 1.82) is 0 Å². The Hall–Kier alpha value is -1.29. The van der Waals surface area contributed by atoms with Crippen LogP contribution in [0, 0.1) is 0 Å². The van der Waals surface area contributed by atoms with Gasteiger partial charge in [0.2, 0.25) is 0 Å². The van der Waals surface area contributed by atoms with E-state index < -0.39 is 5.97 Å². The van der Waals surface area contributed by atoms with Gasteiger partial charge in [-0.1, -0.05) is 30.3 Å². The van der Waals surface area contributed by atoms with Crippen molar-refractivity contribution in [3.05, 3.63) is 35.9 Å². The first kappa shape index (κ1) is 12.8. The van der Waals surface area contributed by atoms with Crippen LogP contribution in [0.15, 0.2) is 30.3 Å². The first-order valence-electron chi connectivity index (χ1n) is 5.03. The molecule has 0 amide bonds. The monoisotopic (exact) mass is 238 g/mol. The SMILES string of the molecule is O=C(O)CCC(=O)CSCc1ccccc1. The molecule has 1 N–H and O–H groups in total. The molecule has 1 rings (SSSR count). The zero-order chi connectivity index (χ0) is 11.8. The highest BCUT2D eigenvalue weighted by Gasteiger charge is 2.05. The number of rotatable bonds is 7.